The first-order valence-corrected chi connectivity index (χ1v) is 11.6. The number of aryl methyl sites for hydroxylation is 1. The van der Waals surface area contributed by atoms with Crippen LogP contribution in [0.15, 0.2) is 64.3 Å². The first-order chi connectivity index (χ1) is 15.3. The maximum Gasteiger partial charge on any atom is 0.237 e. The molecule has 4 aromatic rings. The summed E-state index contributed by atoms with van der Waals surface area (Å²) in [6.07, 6.45) is 3.65. The van der Waals surface area contributed by atoms with Gasteiger partial charge in [-0.15, -0.1) is 10.2 Å². The molecule has 0 spiro atoms. The smallest absolute Gasteiger partial charge is 0.237 e. The molecule has 31 heavy (non-hydrogen) atoms. The van der Waals surface area contributed by atoms with Crippen LogP contribution in [0.3, 0.4) is 0 Å². The summed E-state index contributed by atoms with van der Waals surface area (Å²) in [6, 6.07) is 18.3. The largest absolute Gasteiger partial charge is 0.341 e. The molecule has 0 amide bonds. The molecule has 2 aromatic carbocycles. The average Bonchev–Trinajstić information content (AvgIpc) is 3.46. The molecule has 0 bridgehead atoms. The van der Waals surface area contributed by atoms with Gasteiger partial charge in [-0.3, -0.25) is 4.57 Å². The van der Waals surface area contributed by atoms with Gasteiger partial charge in [-0.05, 0) is 43.9 Å². The Kier molecular flexibility index (Phi) is 5.71. The third kappa shape index (κ3) is 4.20. The summed E-state index contributed by atoms with van der Waals surface area (Å²) in [6.45, 7) is 4.07. The van der Waals surface area contributed by atoms with Crippen molar-refractivity contribution < 1.29 is 4.52 Å². The maximum atomic E-state index is 5.51. The Morgan fingerprint density at radius 1 is 0.935 bits per heavy atom. The maximum absolute atomic E-state index is 5.51. The van der Waals surface area contributed by atoms with Gasteiger partial charge in [0.15, 0.2) is 5.16 Å². The minimum absolute atomic E-state index is 0.532. The molecule has 0 atom stereocenters. The fourth-order valence-electron chi connectivity index (χ4n) is 3.83. The van der Waals surface area contributed by atoms with Crippen molar-refractivity contribution in [3.63, 3.8) is 0 Å². The lowest BCUT2D eigenvalue weighted by atomic mass is 10.1. The van der Waals surface area contributed by atoms with Crippen LogP contribution < -0.4 is 4.90 Å². The van der Waals surface area contributed by atoms with Crippen molar-refractivity contribution in [3.8, 4) is 17.1 Å². The molecule has 0 saturated carbocycles. The number of rotatable bonds is 6. The van der Waals surface area contributed by atoms with E-state index in [-0.39, 0.29) is 0 Å². The van der Waals surface area contributed by atoms with E-state index in [1.165, 1.54) is 19.3 Å². The Labute approximate surface area is 185 Å². The quantitative estimate of drug-likeness (QED) is 0.401. The Morgan fingerprint density at radius 3 is 2.52 bits per heavy atom. The van der Waals surface area contributed by atoms with Crippen LogP contribution in [0.4, 0.5) is 5.95 Å². The summed E-state index contributed by atoms with van der Waals surface area (Å²) >= 11 is 1.56. The van der Waals surface area contributed by atoms with Gasteiger partial charge in [-0.25, -0.2) is 0 Å². The molecule has 1 aliphatic heterocycles. The minimum Gasteiger partial charge on any atom is -0.341 e. The number of thioether (sulfide) groups is 1. The van der Waals surface area contributed by atoms with E-state index in [9.17, 15) is 0 Å². The summed E-state index contributed by atoms with van der Waals surface area (Å²) < 4.78 is 7.65. The van der Waals surface area contributed by atoms with E-state index in [1.54, 1.807) is 11.8 Å². The van der Waals surface area contributed by atoms with E-state index in [4.69, 9.17) is 4.52 Å². The van der Waals surface area contributed by atoms with Crippen molar-refractivity contribution in [1.29, 1.82) is 0 Å². The highest BCUT2D eigenvalue weighted by atomic mass is 32.2. The predicted octanol–water partition coefficient (Wildman–Crippen LogP) is 4.91. The van der Waals surface area contributed by atoms with Gasteiger partial charge in [0.25, 0.3) is 0 Å². The Morgan fingerprint density at radius 2 is 1.71 bits per heavy atom. The molecule has 3 heterocycles. The number of piperidine rings is 1. The third-order valence-electron chi connectivity index (χ3n) is 5.45. The number of anilines is 1. The summed E-state index contributed by atoms with van der Waals surface area (Å²) in [4.78, 5) is 6.92. The second kappa shape index (κ2) is 8.93. The molecule has 158 valence electrons. The highest BCUT2D eigenvalue weighted by molar-refractivity contribution is 7.98. The zero-order valence-corrected chi connectivity index (χ0v) is 18.3. The number of para-hydroxylation sites is 1. The van der Waals surface area contributed by atoms with Crippen LogP contribution in [0.2, 0.25) is 0 Å². The van der Waals surface area contributed by atoms with Gasteiger partial charge in [0.05, 0.1) is 11.4 Å². The van der Waals surface area contributed by atoms with Gasteiger partial charge < -0.3 is 9.42 Å². The van der Waals surface area contributed by atoms with Gasteiger partial charge in [0.1, 0.15) is 0 Å². The summed E-state index contributed by atoms with van der Waals surface area (Å²) in [5, 5.41) is 14.0. The van der Waals surface area contributed by atoms with Gasteiger partial charge in [0, 0.05) is 18.7 Å². The van der Waals surface area contributed by atoms with Crippen LogP contribution in [0.5, 0.6) is 0 Å². The van der Waals surface area contributed by atoms with Gasteiger partial charge in [-0.1, -0.05) is 59.4 Å². The molecular weight excluding hydrogens is 408 g/mol. The normalized spacial score (nSPS) is 14.2. The first kappa shape index (κ1) is 19.8. The first-order valence-electron chi connectivity index (χ1n) is 10.6. The standard InChI is InChI=1S/C23H24N6OS/c1-17-10-6-7-13-19(17)21-24-20(30-27-21)16-31-23-26-25-22(28-14-8-3-9-15-28)29(23)18-11-4-2-5-12-18/h2,4-7,10-13H,3,8-9,14-16H2,1H3. The predicted molar refractivity (Wildman–Crippen MR) is 121 cm³/mol. The van der Waals surface area contributed by atoms with Gasteiger partial charge in [-0.2, -0.15) is 4.98 Å². The molecule has 5 rings (SSSR count). The summed E-state index contributed by atoms with van der Waals surface area (Å²) in [5.74, 6) is 2.63. The highest BCUT2D eigenvalue weighted by Crippen LogP contribution is 2.30. The van der Waals surface area contributed by atoms with E-state index in [0.717, 1.165) is 41.0 Å². The fourth-order valence-corrected chi connectivity index (χ4v) is 4.61. The number of aromatic nitrogens is 5. The molecule has 0 unspecified atom stereocenters. The van der Waals surface area contributed by atoms with Crippen molar-refractivity contribution in [2.75, 3.05) is 18.0 Å². The van der Waals surface area contributed by atoms with Crippen molar-refractivity contribution >= 4 is 17.7 Å². The second-order valence-corrected chi connectivity index (χ2v) is 8.56. The third-order valence-corrected chi connectivity index (χ3v) is 6.36. The zero-order valence-electron chi connectivity index (χ0n) is 17.4. The van der Waals surface area contributed by atoms with E-state index in [2.05, 4.69) is 41.9 Å². The molecule has 1 aliphatic rings. The lowest BCUT2D eigenvalue weighted by molar-refractivity contribution is 0.391. The van der Waals surface area contributed by atoms with Crippen molar-refractivity contribution in [3.05, 3.63) is 66.1 Å². The summed E-state index contributed by atoms with van der Waals surface area (Å²) in [7, 11) is 0. The molecule has 0 N–H and O–H groups in total. The molecule has 8 heteroatoms. The second-order valence-electron chi connectivity index (χ2n) is 7.62. The topological polar surface area (TPSA) is 72.9 Å². The van der Waals surface area contributed by atoms with Crippen LogP contribution in [0.25, 0.3) is 17.1 Å². The molecule has 1 fully saturated rings. The molecule has 0 radical (unpaired) electrons. The van der Waals surface area contributed by atoms with Crippen LogP contribution >= 0.6 is 11.8 Å². The fraction of sp³-hybridized carbons (Fsp3) is 0.304. The van der Waals surface area contributed by atoms with Crippen LogP contribution in [-0.4, -0.2) is 38.0 Å². The molecular formula is C23H24N6OS. The van der Waals surface area contributed by atoms with Crippen LogP contribution in [0, 0.1) is 6.92 Å². The molecule has 7 nitrogen and oxygen atoms in total. The number of benzene rings is 2. The van der Waals surface area contributed by atoms with Gasteiger partial charge >= 0.3 is 0 Å². The van der Waals surface area contributed by atoms with Gasteiger partial charge in [0.2, 0.25) is 17.7 Å². The molecule has 2 aromatic heterocycles. The van der Waals surface area contributed by atoms with Crippen molar-refractivity contribution in [2.45, 2.75) is 37.1 Å². The van der Waals surface area contributed by atoms with E-state index >= 15 is 0 Å². The highest BCUT2D eigenvalue weighted by Gasteiger charge is 2.22. The Hall–Kier alpha value is -3.13. The Bertz CT molecular complexity index is 1150. The Balaban J connectivity index is 1.40. The number of hydrogen-bond donors (Lipinski definition) is 0. The van der Waals surface area contributed by atoms with Crippen molar-refractivity contribution in [2.24, 2.45) is 0 Å². The monoisotopic (exact) mass is 432 g/mol. The zero-order chi connectivity index (χ0) is 21.0. The van der Waals surface area contributed by atoms with E-state index in [0.29, 0.717) is 17.5 Å². The number of hydrogen-bond acceptors (Lipinski definition) is 7. The van der Waals surface area contributed by atoms with Crippen LogP contribution in [0.1, 0.15) is 30.7 Å². The summed E-state index contributed by atoms with van der Waals surface area (Å²) in [5.41, 5.74) is 3.17. The average molecular weight is 433 g/mol. The minimum atomic E-state index is 0.532. The molecule has 1 saturated heterocycles. The van der Waals surface area contributed by atoms with Crippen molar-refractivity contribution in [1.82, 2.24) is 24.9 Å². The molecule has 0 aliphatic carbocycles. The number of nitrogens with zero attached hydrogens (tertiary/aromatic N) is 6. The SMILES string of the molecule is Cc1ccccc1-c1noc(CSc2nnc(N3CCCCC3)n2-c2ccccc2)n1. The lowest BCUT2D eigenvalue weighted by Crippen LogP contribution is -2.31. The van der Waals surface area contributed by atoms with E-state index in [1.807, 2.05) is 49.4 Å². The lowest BCUT2D eigenvalue weighted by Gasteiger charge is -2.27. The van der Waals surface area contributed by atoms with E-state index < -0.39 is 0 Å². The van der Waals surface area contributed by atoms with Crippen LogP contribution in [-0.2, 0) is 5.75 Å².